The topological polar surface area (TPSA) is 101 Å². The number of hydrogen-bond donors (Lipinski definition) is 1. The maximum atomic E-state index is 12.7. The number of carbonyl (C=O) groups is 2. The number of phenolic OH excluding ortho intramolecular Hbond substituents is 1. The predicted molar refractivity (Wildman–Crippen MR) is 101 cm³/mol. The van der Waals surface area contributed by atoms with E-state index in [1.807, 2.05) is 0 Å². The summed E-state index contributed by atoms with van der Waals surface area (Å²) in [5.41, 5.74) is 0.110. The Bertz CT molecular complexity index is 863. The van der Waals surface area contributed by atoms with E-state index < -0.39 is 18.0 Å². The van der Waals surface area contributed by atoms with Crippen molar-refractivity contribution in [2.24, 2.45) is 0 Å². The minimum absolute atomic E-state index is 0.0934. The lowest BCUT2D eigenvalue weighted by Crippen LogP contribution is -2.11. The van der Waals surface area contributed by atoms with Crippen molar-refractivity contribution < 1.29 is 38.4 Å². The highest BCUT2D eigenvalue weighted by Gasteiger charge is 2.24. The zero-order chi connectivity index (χ0) is 20.8. The Labute approximate surface area is 162 Å². The van der Waals surface area contributed by atoms with Crippen molar-refractivity contribution in [3.63, 3.8) is 0 Å². The molecular formula is C20H22O8. The molecule has 0 radical (unpaired) electrons. The molecule has 0 aliphatic carbocycles. The lowest BCUT2D eigenvalue weighted by molar-refractivity contribution is 0.0891. The average molecular weight is 390 g/mol. The van der Waals surface area contributed by atoms with Gasteiger partial charge in [-0.3, -0.25) is 9.59 Å². The first kappa shape index (κ1) is 20.9. The van der Waals surface area contributed by atoms with E-state index in [0.717, 1.165) is 0 Å². The molecule has 2 rings (SSSR count). The van der Waals surface area contributed by atoms with Crippen molar-refractivity contribution in [1.82, 2.24) is 0 Å². The molecule has 0 fully saturated rings. The summed E-state index contributed by atoms with van der Waals surface area (Å²) in [6.07, 6.45) is -0.491. The molecule has 28 heavy (non-hydrogen) atoms. The molecule has 0 bridgehead atoms. The molecule has 2 aromatic carbocycles. The smallest absolute Gasteiger partial charge is 0.203 e. The van der Waals surface area contributed by atoms with Crippen molar-refractivity contribution in [3.05, 3.63) is 35.4 Å². The summed E-state index contributed by atoms with van der Waals surface area (Å²) in [6, 6.07) is 5.65. The molecule has 150 valence electrons. The van der Waals surface area contributed by atoms with Crippen LogP contribution in [0.4, 0.5) is 0 Å². The number of Topliss-reactive ketones (excluding diaryl/α,β-unsaturated/α-hetero) is 2. The molecule has 0 aromatic heterocycles. The van der Waals surface area contributed by atoms with E-state index in [2.05, 4.69) is 0 Å². The van der Waals surface area contributed by atoms with Crippen molar-refractivity contribution in [2.45, 2.75) is 6.42 Å². The number of ketones is 2. The van der Waals surface area contributed by atoms with Crippen molar-refractivity contribution in [2.75, 3.05) is 35.5 Å². The van der Waals surface area contributed by atoms with Crippen LogP contribution in [0, 0.1) is 0 Å². The summed E-state index contributed by atoms with van der Waals surface area (Å²) in [6.45, 7) is 0. The van der Waals surface area contributed by atoms with Gasteiger partial charge < -0.3 is 28.8 Å². The second-order valence-electron chi connectivity index (χ2n) is 5.66. The van der Waals surface area contributed by atoms with Gasteiger partial charge in [-0.2, -0.15) is 0 Å². The SMILES string of the molecule is COc1cc(O)c(C(=O)CC(=O)c2cc(OC)c(OC)c(OC)c2)c(OC)c1. The van der Waals surface area contributed by atoms with Gasteiger partial charge in [0.2, 0.25) is 5.75 Å². The Morgan fingerprint density at radius 3 is 1.79 bits per heavy atom. The van der Waals surface area contributed by atoms with Crippen LogP contribution in [0.1, 0.15) is 27.1 Å². The molecule has 0 unspecified atom stereocenters. The first-order valence-electron chi connectivity index (χ1n) is 8.21. The second kappa shape index (κ2) is 8.98. The van der Waals surface area contributed by atoms with Crippen molar-refractivity contribution >= 4 is 11.6 Å². The third kappa shape index (κ3) is 4.11. The number of ether oxygens (including phenoxy) is 5. The highest BCUT2D eigenvalue weighted by molar-refractivity contribution is 6.15. The van der Waals surface area contributed by atoms with Crippen LogP contribution in [0.5, 0.6) is 34.5 Å². The monoisotopic (exact) mass is 390 g/mol. The molecule has 2 aromatic rings. The molecular weight excluding hydrogens is 368 g/mol. The molecule has 8 nitrogen and oxygen atoms in total. The standard InChI is InChI=1S/C20H22O8/c1-24-12-8-14(22)19(16(9-12)25-2)15(23)10-13(21)11-6-17(26-3)20(28-5)18(7-11)27-4/h6-9,22H,10H2,1-5H3. The van der Waals surface area contributed by atoms with Gasteiger partial charge in [0.25, 0.3) is 0 Å². The van der Waals surface area contributed by atoms with Gasteiger partial charge >= 0.3 is 0 Å². The van der Waals surface area contributed by atoms with Gasteiger partial charge in [-0.1, -0.05) is 0 Å². The van der Waals surface area contributed by atoms with Crippen LogP contribution in [0.25, 0.3) is 0 Å². The molecule has 1 N–H and O–H groups in total. The Morgan fingerprint density at radius 1 is 0.750 bits per heavy atom. The second-order valence-corrected chi connectivity index (χ2v) is 5.66. The van der Waals surface area contributed by atoms with Gasteiger partial charge in [0.15, 0.2) is 23.1 Å². The summed E-state index contributed by atoms with van der Waals surface area (Å²) in [4.78, 5) is 25.4. The van der Waals surface area contributed by atoms with Crippen LogP contribution in [0.2, 0.25) is 0 Å². The highest BCUT2D eigenvalue weighted by Crippen LogP contribution is 2.39. The molecule has 0 saturated carbocycles. The lowest BCUT2D eigenvalue weighted by atomic mass is 9.99. The molecule has 8 heteroatoms. The van der Waals surface area contributed by atoms with Crippen molar-refractivity contribution in [3.8, 4) is 34.5 Å². The van der Waals surface area contributed by atoms with E-state index in [4.69, 9.17) is 23.7 Å². The Hall–Kier alpha value is -3.42. The van der Waals surface area contributed by atoms with Crippen LogP contribution in [-0.2, 0) is 0 Å². The summed E-state index contributed by atoms with van der Waals surface area (Å²) in [5.74, 6) is -0.0649. The first-order valence-corrected chi connectivity index (χ1v) is 8.21. The van der Waals surface area contributed by atoms with Gasteiger partial charge in [-0.05, 0) is 12.1 Å². The maximum Gasteiger partial charge on any atom is 0.203 e. The van der Waals surface area contributed by atoms with Crippen molar-refractivity contribution in [1.29, 1.82) is 0 Å². The van der Waals surface area contributed by atoms with E-state index in [9.17, 15) is 14.7 Å². The number of aromatic hydroxyl groups is 1. The quantitative estimate of drug-likeness (QED) is 0.515. The number of hydrogen-bond acceptors (Lipinski definition) is 8. The molecule has 0 spiro atoms. The van der Waals surface area contributed by atoms with Crippen LogP contribution >= 0.6 is 0 Å². The normalized spacial score (nSPS) is 10.2. The Balaban J connectivity index is 2.37. The molecule has 0 heterocycles. The fourth-order valence-electron chi connectivity index (χ4n) is 2.71. The first-order chi connectivity index (χ1) is 13.4. The van der Waals surface area contributed by atoms with E-state index in [1.54, 1.807) is 0 Å². The Kier molecular flexibility index (Phi) is 6.70. The molecule has 0 amide bonds. The average Bonchev–Trinajstić information content (AvgIpc) is 2.71. The summed E-state index contributed by atoms with van der Waals surface area (Å²) < 4.78 is 25.9. The van der Waals surface area contributed by atoms with Gasteiger partial charge in [-0.25, -0.2) is 0 Å². The van der Waals surface area contributed by atoms with Crippen LogP contribution in [-0.4, -0.2) is 52.2 Å². The van der Waals surface area contributed by atoms with Gasteiger partial charge in [0.1, 0.15) is 22.8 Å². The van der Waals surface area contributed by atoms with Crippen LogP contribution in [0.15, 0.2) is 24.3 Å². The van der Waals surface area contributed by atoms with Gasteiger partial charge in [0, 0.05) is 17.7 Å². The third-order valence-corrected chi connectivity index (χ3v) is 4.10. The van der Waals surface area contributed by atoms with Gasteiger partial charge in [-0.15, -0.1) is 0 Å². The zero-order valence-electron chi connectivity index (χ0n) is 16.3. The largest absolute Gasteiger partial charge is 0.507 e. The fraction of sp³-hybridized carbons (Fsp3) is 0.300. The molecule has 0 aliphatic heterocycles. The Morgan fingerprint density at radius 2 is 1.32 bits per heavy atom. The fourth-order valence-corrected chi connectivity index (χ4v) is 2.71. The van der Waals surface area contributed by atoms with Gasteiger partial charge in [0.05, 0.1) is 42.0 Å². The third-order valence-electron chi connectivity index (χ3n) is 4.10. The van der Waals surface area contributed by atoms with E-state index in [0.29, 0.717) is 23.0 Å². The number of rotatable bonds is 9. The predicted octanol–water partition coefficient (Wildman–Crippen LogP) is 2.89. The molecule has 0 aliphatic rings. The number of methoxy groups -OCH3 is 5. The number of phenols is 1. The minimum Gasteiger partial charge on any atom is -0.507 e. The van der Waals surface area contributed by atoms with E-state index in [1.165, 1.54) is 59.8 Å². The number of benzene rings is 2. The van der Waals surface area contributed by atoms with E-state index in [-0.39, 0.29) is 22.6 Å². The highest BCUT2D eigenvalue weighted by atomic mass is 16.5. The molecule has 0 saturated heterocycles. The summed E-state index contributed by atoms with van der Waals surface area (Å²) in [5, 5.41) is 10.2. The zero-order valence-corrected chi connectivity index (χ0v) is 16.3. The summed E-state index contributed by atoms with van der Waals surface area (Å²) in [7, 11) is 7.08. The van der Waals surface area contributed by atoms with E-state index >= 15 is 0 Å². The van der Waals surface area contributed by atoms with Crippen LogP contribution < -0.4 is 23.7 Å². The minimum atomic E-state index is -0.601. The lowest BCUT2D eigenvalue weighted by Gasteiger charge is -2.14. The molecule has 0 atom stereocenters. The summed E-state index contributed by atoms with van der Waals surface area (Å²) >= 11 is 0. The number of carbonyl (C=O) groups excluding carboxylic acids is 2. The maximum absolute atomic E-state index is 12.7. The van der Waals surface area contributed by atoms with Crippen LogP contribution in [0.3, 0.4) is 0 Å².